The smallest absolute Gasteiger partial charge is 0.284 e. The number of methoxy groups -OCH3 is 1. The molecule has 0 radical (unpaired) electrons. The molecule has 0 fully saturated rings. The number of sulfonamides is 1. The number of ether oxygens (including phenoxy) is 1. The van der Waals surface area contributed by atoms with Crippen LogP contribution in [0, 0.1) is 5.82 Å². The van der Waals surface area contributed by atoms with Gasteiger partial charge in [0.25, 0.3) is 10.0 Å². The van der Waals surface area contributed by atoms with Crippen LogP contribution in [0.3, 0.4) is 0 Å². The predicted octanol–water partition coefficient (Wildman–Crippen LogP) is 5.28. The van der Waals surface area contributed by atoms with E-state index in [0.29, 0.717) is 45.5 Å². The van der Waals surface area contributed by atoms with Gasteiger partial charge in [0, 0.05) is 46.1 Å². The summed E-state index contributed by atoms with van der Waals surface area (Å²) < 4.78 is 49.4. The lowest BCUT2D eigenvalue weighted by molar-refractivity contribution is 0.398. The van der Waals surface area contributed by atoms with E-state index in [4.69, 9.17) is 9.72 Å². The number of hydrogen-bond donors (Lipinski definition) is 1. The third kappa shape index (κ3) is 3.97. The van der Waals surface area contributed by atoms with Crippen molar-refractivity contribution in [3.8, 4) is 22.8 Å². The second kappa shape index (κ2) is 9.04. The van der Waals surface area contributed by atoms with E-state index in [-0.39, 0.29) is 27.9 Å². The van der Waals surface area contributed by atoms with Gasteiger partial charge in [0.1, 0.15) is 22.1 Å². The van der Waals surface area contributed by atoms with Crippen molar-refractivity contribution in [2.45, 2.75) is 11.3 Å². The van der Waals surface area contributed by atoms with Crippen LogP contribution >= 0.6 is 0 Å². The fraction of sp³-hybridized carbons (Fsp3) is 0.0690. The number of fused-ring (bicyclic) bond motifs is 2. The molecule has 7 nitrogen and oxygen atoms in total. The summed E-state index contributed by atoms with van der Waals surface area (Å²) in [5.74, 6) is -0.107. The first-order valence-electron chi connectivity index (χ1n) is 11.7. The van der Waals surface area contributed by atoms with E-state index in [1.54, 1.807) is 54.6 Å². The Kier molecular flexibility index (Phi) is 5.65. The zero-order valence-corrected chi connectivity index (χ0v) is 20.9. The summed E-state index contributed by atoms with van der Waals surface area (Å²) in [7, 11) is -2.61. The fourth-order valence-electron chi connectivity index (χ4n) is 4.69. The van der Waals surface area contributed by atoms with Gasteiger partial charge in [0.2, 0.25) is 5.88 Å². The van der Waals surface area contributed by atoms with Gasteiger partial charge in [-0.3, -0.25) is 0 Å². The molecule has 1 aliphatic rings. The van der Waals surface area contributed by atoms with Crippen molar-refractivity contribution in [2.75, 3.05) is 7.11 Å². The standard InChI is InChI=1S/C29H20FN3O4S/c1-37-25-14-11-18(16-31-25)20-7-4-8-23-26(33-38(35,36)29(20)23)27-28(34)22-6-3-2-5-21(22)24(32-27)15-17-9-12-19(30)13-10-17/h2-14,16,34H,15H2,1H3. The Hall–Kier alpha value is -4.63. The minimum absolute atomic E-state index is 0.0245. The molecule has 0 atom stereocenters. The quantitative estimate of drug-likeness (QED) is 0.335. The van der Waals surface area contributed by atoms with Crippen LogP contribution < -0.4 is 4.74 Å². The van der Waals surface area contributed by atoms with E-state index < -0.39 is 10.0 Å². The molecule has 1 aliphatic heterocycles. The molecule has 3 heterocycles. The molecule has 0 saturated carbocycles. The molecule has 0 spiro atoms. The van der Waals surface area contributed by atoms with Gasteiger partial charge in [-0.2, -0.15) is 12.8 Å². The monoisotopic (exact) mass is 525 g/mol. The number of aromatic hydroxyl groups is 1. The third-order valence-electron chi connectivity index (χ3n) is 6.47. The molecule has 6 rings (SSSR count). The first-order valence-corrected chi connectivity index (χ1v) is 13.1. The van der Waals surface area contributed by atoms with Crippen molar-refractivity contribution in [3.05, 3.63) is 113 Å². The molecule has 1 N–H and O–H groups in total. The van der Waals surface area contributed by atoms with Gasteiger partial charge < -0.3 is 9.84 Å². The number of halogens is 1. The molecular weight excluding hydrogens is 505 g/mol. The van der Waals surface area contributed by atoms with E-state index >= 15 is 0 Å². The molecule has 188 valence electrons. The van der Waals surface area contributed by atoms with E-state index in [9.17, 15) is 17.9 Å². The third-order valence-corrected chi connectivity index (χ3v) is 7.85. The van der Waals surface area contributed by atoms with Crippen LogP contribution in [-0.2, 0) is 16.4 Å². The number of pyridine rings is 2. The maximum absolute atomic E-state index is 13.5. The van der Waals surface area contributed by atoms with Gasteiger partial charge in [-0.25, -0.2) is 14.4 Å². The van der Waals surface area contributed by atoms with Crippen LogP contribution in [-0.4, -0.2) is 36.3 Å². The fourth-order valence-corrected chi connectivity index (χ4v) is 6.11. The minimum Gasteiger partial charge on any atom is -0.505 e. The normalized spacial score (nSPS) is 13.8. The molecule has 38 heavy (non-hydrogen) atoms. The Morgan fingerprint density at radius 2 is 1.63 bits per heavy atom. The first-order chi connectivity index (χ1) is 18.4. The summed E-state index contributed by atoms with van der Waals surface area (Å²) in [4.78, 5) is 8.95. The zero-order chi connectivity index (χ0) is 26.4. The van der Waals surface area contributed by atoms with Crippen LogP contribution in [0.1, 0.15) is 22.5 Å². The lowest BCUT2D eigenvalue weighted by atomic mass is 9.97. The Bertz CT molecular complexity index is 1850. The molecule has 0 saturated heterocycles. The van der Waals surface area contributed by atoms with Gasteiger partial charge >= 0.3 is 0 Å². The highest BCUT2D eigenvalue weighted by Crippen LogP contribution is 2.40. The molecule has 2 aromatic heterocycles. The average Bonchev–Trinajstić information content (AvgIpc) is 3.22. The number of nitrogens with zero attached hydrogens (tertiary/aromatic N) is 3. The maximum Gasteiger partial charge on any atom is 0.284 e. The first kappa shape index (κ1) is 23.7. The van der Waals surface area contributed by atoms with E-state index in [1.165, 1.54) is 25.4 Å². The Labute approximate surface area is 218 Å². The summed E-state index contributed by atoms with van der Waals surface area (Å²) in [5, 5.41) is 12.5. The van der Waals surface area contributed by atoms with Gasteiger partial charge in [0.05, 0.1) is 12.8 Å². The van der Waals surface area contributed by atoms with Gasteiger partial charge in [-0.15, -0.1) is 0 Å². The lowest BCUT2D eigenvalue weighted by Gasteiger charge is -2.13. The molecule has 0 aliphatic carbocycles. The minimum atomic E-state index is -4.11. The molecule has 0 amide bonds. The predicted molar refractivity (Wildman–Crippen MR) is 142 cm³/mol. The van der Waals surface area contributed by atoms with Gasteiger partial charge in [-0.05, 0) is 23.8 Å². The molecular formula is C29H20FN3O4S. The molecule has 0 bridgehead atoms. The Morgan fingerprint density at radius 3 is 2.34 bits per heavy atom. The van der Waals surface area contributed by atoms with E-state index in [1.807, 2.05) is 12.1 Å². The van der Waals surface area contributed by atoms with Crippen molar-refractivity contribution < 1.29 is 22.7 Å². The average molecular weight is 526 g/mol. The number of rotatable bonds is 5. The second-order valence-corrected chi connectivity index (χ2v) is 10.3. The lowest BCUT2D eigenvalue weighted by Crippen LogP contribution is -2.08. The number of aromatic nitrogens is 2. The highest BCUT2D eigenvalue weighted by molar-refractivity contribution is 7.91. The van der Waals surface area contributed by atoms with Gasteiger partial charge in [-0.1, -0.05) is 54.6 Å². The van der Waals surface area contributed by atoms with E-state index in [2.05, 4.69) is 9.38 Å². The number of hydrogen-bond acceptors (Lipinski definition) is 6. The van der Waals surface area contributed by atoms with Crippen molar-refractivity contribution in [1.82, 2.24) is 9.97 Å². The Morgan fingerprint density at radius 1 is 0.895 bits per heavy atom. The SMILES string of the molecule is COc1ccc(-c2cccc3c2S(=O)(=O)N=C3c2nc(Cc3ccc(F)cc3)c3ccccc3c2O)cn1. The summed E-state index contributed by atoms with van der Waals surface area (Å²) in [6.45, 7) is 0. The van der Waals surface area contributed by atoms with E-state index in [0.717, 1.165) is 5.56 Å². The van der Waals surface area contributed by atoms with Gasteiger partial charge in [0.15, 0.2) is 5.75 Å². The summed E-state index contributed by atoms with van der Waals surface area (Å²) >= 11 is 0. The largest absolute Gasteiger partial charge is 0.505 e. The summed E-state index contributed by atoms with van der Waals surface area (Å²) in [5.41, 5.74) is 2.89. The van der Waals surface area contributed by atoms with Crippen molar-refractivity contribution in [3.63, 3.8) is 0 Å². The summed E-state index contributed by atoms with van der Waals surface area (Å²) in [6, 6.07) is 21.7. The molecule has 5 aromatic rings. The maximum atomic E-state index is 13.5. The summed E-state index contributed by atoms with van der Waals surface area (Å²) in [6.07, 6.45) is 1.88. The topological polar surface area (TPSA) is 102 Å². The zero-order valence-electron chi connectivity index (χ0n) is 20.1. The van der Waals surface area contributed by atoms with Crippen LogP contribution in [0.5, 0.6) is 11.6 Å². The molecule has 9 heteroatoms. The Balaban J connectivity index is 1.54. The second-order valence-electron chi connectivity index (χ2n) is 8.79. The van der Waals surface area contributed by atoms with Crippen LogP contribution in [0.2, 0.25) is 0 Å². The highest BCUT2D eigenvalue weighted by Gasteiger charge is 2.35. The van der Waals surface area contributed by atoms with Crippen LogP contribution in [0.15, 0.2) is 94.4 Å². The van der Waals surface area contributed by atoms with Crippen molar-refractivity contribution in [1.29, 1.82) is 0 Å². The number of benzene rings is 3. The van der Waals surface area contributed by atoms with Crippen molar-refractivity contribution >= 4 is 26.5 Å². The molecule has 0 unspecified atom stereocenters. The van der Waals surface area contributed by atoms with Crippen molar-refractivity contribution in [2.24, 2.45) is 4.40 Å². The van der Waals surface area contributed by atoms with Crippen LogP contribution in [0.4, 0.5) is 4.39 Å². The highest BCUT2D eigenvalue weighted by atomic mass is 32.2. The molecule has 3 aromatic carbocycles. The van der Waals surface area contributed by atoms with Crippen LogP contribution in [0.25, 0.3) is 21.9 Å².